The van der Waals surface area contributed by atoms with Crippen LogP contribution in [0.2, 0.25) is 0 Å². The molecule has 54 heavy (non-hydrogen) atoms. The molecule has 0 amide bonds. The Bertz CT molecular complexity index is 3670. The van der Waals surface area contributed by atoms with Gasteiger partial charge in [0.15, 0.2) is 0 Å². The highest BCUT2D eigenvalue weighted by Gasteiger charge is 2.26. The van der Waals surface area contributed by atoms with Gasteiger partial charge in [0.05, 0.1) is 27.6 Å². The maximum Gasteiger partial charge on any atom is 0.0647 e. The van der Waals surface area contributed by atoms with Crippen LogP contribution >= 0.6 is 0 Å². The molecule has 0 saturated heterocycles. The lowest BCUT2D eigenvalue weighted by molar-refractivity contribution is 1.19. The van der Waals surface area contributed by atoms with Crippen LogP contribution in [0.25, 0.3) is 120 Å². The van der Waals surface area contributed by atoms with Crippen molar-refractivity contribution >= 4 is 103 Å². The van der Waals surface area contributed by atoms with Crippen molar-refractivity contribution < 1.29 is 0 Å². The van der Waals surface area contributed by atoms with Gasteiger partial charge in [0.1, 0.15) is 0 Å². The molecule has 0 spiro atoms. The van der Waals surface area contributed by atoms with E-state index >= 15 is 0 Å². The molecule has 0 aliphatic heterocycles. The van der Waals surface area contributed by atoms with E-state index in [-0.39, 0.29) is 0 Å². The van der Waals surface area contributed by atoms with Crippen LogP contribution in [-0.2, 0) is 0 Å². The molecule has 3 heterocycles. The van der Waals surface area contributed by atoms with E-state index in [1.54, 1.807) is 0 Å². The average molecular weight is 683 g/mol. The van der Waals surface area contributed by atoms with Gasteiger partial charge in [-0.2, -0.15) is 0 Å². The summed E-state index contributed by atoms with van der Waals surface area (Å²) in [6, 6.07) is 67.7. The third-order valence-corrected chi connectivity index (χ3v) is 12.1. The van der Waals surface area contributed by atoms with Crippen LogP contribution in [0.4, 0.5) is 0 Å². The average Bonchev–Trinajstić information content (AvgIpc) is 3.88. The first-order valence-electron chi connectivity index (χ1n) is 18.8. The van der Waals surface area contributed by atoms with Crippen LogP contribution in [0.15, 0.2) is 182 Å². The molecule has 0 N–H and O–H groups in total. The number of aromatic nitrogens is 2. The molecule has 10 aromatic carbocycles. The number of nitrogens with zero attached hydrogens (tertiary/aromatic N) is 2. The van der Waals surface area contributed by atoms with Crippen LogP contribution in [-0.4, -0.2) is 8.97 Å². The highest BCUT2D eigenvalue weighted by molar-refractivity contribution is 6.39. The van der Waals surface area contributed by atoms with E-state index in [4.69, 9.17) is 0 Å². The Morgan fingerprint density at radius 3 is 1.56 bits per heavy atom. The Kier molecular flexibility index (Phi) is 5.39. The summed E-state index contributed by atoms with van der Waals surface area (Å²) in [5.74, 6) is 0. The fraction of sp³-hybridized carbons (Fsp3) is 0. The molecule has 2 heteroatoms. The minimum atomic E-state index is 1.16. The van der Waals surface area contributed by atoms with Gasteiger partial charge in [-0.05, 0) is 79.2 Å². The van der Waals surface area contributed by atoms with Crippen molar-refractivity contribution in [2.75, 3.05) is 0 Å². The van der Waals surface area contributed by atoms with Gasteiger partial charge in [-0.3, -0.25) is 0 Å². The van der Waals surface area contributed by atoms with E-state index in [1.165, 1.54) is 114 Å². The Morgan fingerprint density at radius 2 is 0.815 bits per heavy atom. The van der Waals surface area contributed by atoms with E-state index in [2.05, 4.69) is 191 Å². The van der Waals surface area contributed by atoms with Gasteiger partial charge < -0.3 is 8.97 Å². The summed E-state index contributed by atoms with van der Waals surface area (Å²) in [4.78, 5) is 0. The number of hydrogen-bond acceptors (Lipinski definition) is 0. The number of rotatable bonds is 2. The Balaban J connectivity index is 1.28. The van der Waals surface area contributed by atoms with Crippen molar-refractivity contribution in [2.45, 2.75) is 0 Å². The van der Waals surface area contributed by atoms with E-state index in [1.807, 2.05) is 0 Å². The molecule has 0 aliphatic rings. The smallest absolute Gasteiger partial charge is 0.0647 e. The molecule has 13 aromatic rings. The van der Waals surface area contributed by atoms with Crippen molar-refractivity contribution in [3.63, 3.8) is 0 Å². The normalized spacial score (nSPS) is 12.4. The summed E-state index contributed by atoms with van der Waals surface area (Å²) in [7, 11) is 0. The zero-order valence-electron chi connectivity index (χ0n) is 29.2. The Hall–Kier alpha value is -7.16. The molecule has 3 aromatic heterocycles. The first-order valence-corrected chi connectivity index (χ1v) is 18.8. The van der Waals surface area contributed by atoms with Crippen LogP contribution < -0.4 is 0 Å². The second-order valence-corrected chi connectivity index (χ2v) is 14.8. The van der Waals surface area contributed by atoms with Crippen LogP contribution in [0.1, 0.15) is 0 Å². The quantitative estimate of drug-likeness (QED) is 0.161. The molecular formula is C52H30N2. The summed E-state index contributed by atoms with van der Waals surface area (Å²) in [6.45, 7) is 0. The molecule has 2 nitrogen and oxygen atoms in total. The van der Waals surface area contributed by atoms with Crippen molar-refractivity contribution in [3.05, 3.63) is 182 Å². The monoisotopic (exact) mass is 682 g/mol. The number of benzene rings is 10. The molecule has 0 atom stereocenters. The van der Waals surface area contributed by atoms with E-state index in [0.717, 1.165) is 5.69 Å². The predicted molar refractivity (Wildman–Crippen MR) is 231 cm³/mol. The van der Waals surface area contributed by atoms with Crippen LogP contribution in [0.3, 0.4) is 0 Å². The van der Waals surface area contributed by atoms with Crippen molar-refractivity contribution in [3.8, 4) is 16.8 Å². The van der Waals surface area contributed by atoms with Crippen molar-refractivity contribution in [2.24, 2.45) is 0 Å². The molecule has 0 bridgehead atoms. The van der Waals surface area contributed by atoms with E-state index in [0.29, 0.717) is 0 Å². The van der Waals surface area contributed by atoms with Crippen LogP contribution in [0.5, 0.6) is 0 Å². The number of fused-ring (bicyclic) bond motifs is 16. The molecule has 13 rings (SSSR count). The highest BCUT2D eigenvalue weighted by atomic mass is 15.0. The minimum absolute atomic E-state index is 1.16. The van der Waals surface area contributed by atoms with Gasteiger partial charge >= 0.3 is 0 Å². The van der Waals surface area contributed by atoms with Gasteiger partial charge in [0.2, 0.25) is 0 Å². The summed E-state index contributed by atoms with van der Waals surface area (Å²) in [5.41, 5.74) is 9.99. The lowest BCUT2D eigenvalue weighted by Gasteiger charge is -2.18. The zero-order valence-corrected chi connectivity index (χ0v) is 29.2. The maximum atomic E-state index is 2.58. The van der Waals surface area contributed by atoms with Gasteiger partial charge in [-0.15, -0.1) is 0 Å². The lowest BCUT2D eigenvalue weighted by Crippen LogP contribution is -1.97. The number of para-hydroxylation sites is 3. The molecule has 0 radical (unpaired) electrons. The molecule has 0 fully saturated rings. The fourth-order valence-electron chi connectivity index (χ4n) is 10.0. The summed E-state index contributed by atoms with van der Waals surface area (Å²) in [5, 5.41) is 17.9. The van der Waals surface area contributed by atoms with Crippen molar-refractivity contribution in [1.29, 1.82) is 0 Å². The first-order chi connectivity index (χ1) is 26.8. The third kappa shape index (κ3) is 3.50. The van der Waals surface area contributed by atoms with E-state index < -0.39 is 0 Å². The molecule has 0 aliphatic carbocycles. The van der Waals surface area contributed by atoms with E-state index in [9.17, 15) is 0 Å². The molecule has 248 valence electrons. The maximum absolute atomic E-state index is 2.58. The Morgan fingerprint density at radius 1 is 0.296 bits per heavy atom. The summed E-state index contributed by atoms with van der Waals surface area (Å²) < 4.78 is 5.12. The predicted octanol–water partition coefficient (Wildman–Crippen LogP) is 14.2. The largest absolute Gasteiger partial charge is 0.308 e. The fourth-order valence-corrected chi connectivity index (χ4v) is 10.0. The summed E-state index contributed by atoms with van der Waals surface area (Å²) >= 11 is 0. The van der Waals surface area contributed by atoms with Gasteiger partial charge in [0.25, 0.3) is 0 Å². The second kappa shape index (κ2) is 10.2. The van der Waals surface area contributed by atoms with Gasteiger partial charge in [0, 0.05) is 43.4 Å². The molecule has 0 unspecified atom stereocenters. The first kappa shape index (κ1) is 28.4. The molecular weight excluding hydrogens is 653 g/mol. The zero-order chi connectivity index (χ0) is 35.1. The second-order valence-electron chi connectivity index (χ2n) is 14.8. The molecule has 0 saturated carbocycles. The summed E-state index contributed by atoms with van der Waals surface area (Å²) in [6.07, 6.45) is 0. The van der Waals surface area contributed by atoms with Crippen molar-refractivity contribution in [1.82, 2.24) is 8.97 Å². The van der Waals surface area contributed by atoms with Gasteiger partial charge in [-0.1, -0.05) is 152 Å². The highest BCUT2D eigenvalue weighted by Crippen LogP contribution is 2.49. The number of hydrogen-bond donors (Lipinski definition) is 0. The SMILES string of the molecule is c1ccc2c(-c3c4ccccc4cc4ccccc34)cc(-n3c4ccccc4c4c5ccccc5c5c(c6cccc7c8ccccc8n5c76)c43)cc2c1. The standard InChI is InChI=1S/C52H30N2/c1-4-17-35-33(16-1)29-34(30-44(35)47-36-18-5-2-14-31(36)28-32-15-3-6-19-37(32)47)53-46-27-12-10-23-42(46)48-39-21-7-8-22-41(39)51-49(52(48)53)43-25-13-24-40-38-20-9-11-26-45(38)54(51)50(40)43/h1-30H. The lowest BCUT2D eigenvalue weighted by atomic mass is 9.89. The topological polar surface area (TPSA) is 9.34 Å². The third-order valence-electron chi connectivity index (χ3n) is 12.1. The Labute approximate surface area is 309 Å². The minimum Gasteiger partial charge on any atom is -0.308 e. The van der Waals surface area contributed by atoms with Crippen LogP contribution in [0, 0.1) is 0 Å². The van der Waals surface area contributed by atoms with Gasteiger partial charge in [-0.25, -0.2) is 0 Å².